The second-order valence-corrected chi connectivity index (χ2v) is 27.4. The van der Waals surface area contributed by atoms with Crippen LogP contribution >= 0.6 is 7.82 Å². The number of phosphoric acid groups is 1. The van der Waals surface area contributed by atoms with Crippen molar-refractivity contribution < 1.29 is 42.1 Å². The SMILES string of the molecule is CCCCCCC/C=C\C/C=C\C/C=C\CCCCCCCCCCCCC(=O)OC(COC(=O)CCCCCCCCCCCCCCCCCCCCCCCCC/C=C\CCCCCCCCCC)COP(=O)([O-])OCC[N+](C)(C)C. The molecule has 10 heteroatoms. The molecule has 0 saturated carbocycles. The standard InChI is InChI=1S/C74H140NO8P/c1-6-8-10-12-14-16-18-20-22-24-26-28-30-32-33-34-35-36-37-38-39-40-41-43-44-46-48-50-52-54-56-58-60-62-64-66-73(76)80-70-72(71-82-84(78,79)81-69-68-75(3,4)5)83-74(77)67-65-63-61-59-57-55-53-51-49-47-45-42-31-29-27-25-23-21-19-17-15-13-11-9-7-2/h19,21,24-27,31,42,72H,6-18,20,22-23,28-30,32-41,43-71H2,1-5H3/b21-19-,26-24-,27-25-,42-31-. The van der Waals surface area contributed by atoms with E-state index < -0.39 is 26.5 Å². The number of carbonyl (C=O) groups excluding carboxylic acids is 2. The van der Waals surface area contributed by atoms with Crippen LogP contribution in [0.4, 0.5) is 0 Å². The first-order valence-electron chi connectivity index (χ1n) is 36.3. The van der Waals surface area contributed by atoms with E-state index in [2.05, 4.69) is 62.5 Å². The highest BCUT2D eigenvalue weighted by Gasteiger charge is 2.22. The van der Waals surface area contributed by atoms with Crippen molar-refractivity contribution in [3.05, 3.63) is 48.6 Å². The molecule has 0 aromatic heterocycles. The normalized spacial score (nSPS) is 13.4. The van der Waals surface area contributed by atoms with Gasteiger partial charge in [-0.2, -0.15) is 0 Å². The highest BCUT2D eigenvalue weighted by Crippen LogP contribution is 2.38. The Morgan fingerprint density at radius 1 is 0.369 bits per heavy atom. The number of carbonyl (C=O) groups is 2. The number of unbranched alkanes of at least 4 members (excludes halogenated alkanes) is 46. The molecule has 0 spiro atoms. The summed E-state index contributed by atoms with van der Waals surface area (Å²) in [6.07, 6.45) is 84.9. The Kier molecular flexibility index (Phi) is 63.8. The topological polar surface area (TPSA) is 111 Å². The maximum atomic E-state index is 12.9. The van der Waals surface area contributed by atoms with Gasteiger partial charge in [0.1, 0.15) is 19.8 Å². The number of phosphoric ester groups is 1. The van der Waals surface area contributed by atoms with Crippen LogP contribution in [0.2, 0.25) is 0 Å². The van der Waals surface area contributed by atoms with Crippen molar-refractivity contribution in [1.29, 1.82) is 0 Å². The zero-order valence-electron chi connectivity index (χ0n) is 56.4. The summed E-state index contributed by atoms with van der Waals surface area (Å²) >= 11 is 0. The number of quaternary nitrogens is 1. The Morgan fingerprint density at radius 3 is 0.964 bits per heavy atom. The molecule has 0 rings (SSSR count). The second-order valence-electron chi connectivity index (χ2n) is 26.0. The van der Waals surface area contributed by atoms with Crippen molar-refractivity contribution in [3.8, 4) is 0 Å². The average molecular weight is 1200 g/mol. The number of allylic oxidation sites excluding steroid dienone is 8. The lowest BCUT2D eigenvalue weighted by Crippen LogP contribution is -2.37. The Hall–Kier alpha value is -2.03. The van der Waals surface area contributed by atoms with Gasteiger partial charge >= 0.3 is 11.9 Å². The van der Waals surface area contributed by atoms with Gasteiger partial charge in [0, 0.05) is 12.8 Å². The van der Waals surface area contributed by atoms with Gasteiger partial charge in [-0.25, -0.2) is 0 Å². The summed E-state index contributed by atoms with van der Waals surface area (Å²) in [4.78, 5) is 38.1. The predicted molar refractivity (Wildman–Crippen MR) is 360 cm³/mol. The molecule has 0 aliphatic heterocycles. The van der Waals surface area contributed by atoms with Gasteiger partial charge in [-0.1, -0.05) is 319 Å². The third-order valence-corrected chi connectivity index (χ3v) is 17.3. The van der Waals surface area contributed by atoms with E-state index in [1.54, 1.807) is 0 Å². The summed E-state index contributed by atoms with van der Waals surface area (Å²) in [5.41, 5.74) is 0. The van der Waals surface area contributed by atoms with E-state index in [9.17, 15) is 19.0 Å². The van der Waals surface area contributed by atoms with Crippen molar-refractivity contribution in [2.24, 2.45) is 0 Å². The fourth-order valence-corrected chi connectivity index (χ4v) is 11.5. The number of hydrogen-bond acceptors (Lipinski definition) is 8. The van der Waals surface area contributed by atoms with Gasteiger partial charge in [0.05, 0.1) is 27.7 Å². The Morgan fingerprint density at radius 2 is 0.643 bits per heavy atom. The summed E-state index contributed by atoms with van der Waals surface area (Å²) in [6.45, 7) is 4.28. The number of likely N-dealkylation sites (N-methyl/N-ethyl adjacent to an activating group) is 1. The van der Waals surface area contributed by atoms with Crippen molar-refractivity contribution in [2.75, 3.05) is 47.5 Å². The highest BCUT2D eigenvalue weighted by molar-refractivity contribution is 7.45. The number of hydrogen-bond donors (Lipinski definition) is 0. The fraction of sp³-hybridized carbons (Fsp3) is 0.865. The zero-order valence-corrected chi connectivity index (χ0v) is 57.3. The maximum absolute atomic E-state index is 12.9. The van der Waals surface area contributed by atoms with E-state index >= 15 is 0 Å². The number of esters is 2. The van der Waals surface area contributed by atoms with Crippen LogP contribution in [0.5, 0.6) is 0 Å². The van der Waals surface area contributed by atoms with Crippen molar-refractivity contribution in [2.45, 2.75) is 367 Å². The third-order valence-electron chi connectivity index (χ3n) is 16.3. The van der Waals surface area contributed by atoms with Crippen LogP contribution in [-0.2, 0) is 32.7 Å². The van der Waals surface area contributed by atoms with Gasteiger partial charge in [-0.15, -0.1) is 0 Å². The molecule has 9 nitrogen and oxygen atoms in total. The van der Waals surface area contributed by atoms with Crippen LogP contribution < -0.4 is 4.89 Å². The Balaban J connectivity index is 3.97. The predicted octanol–water partition coefficient (Wildman–Crippen LogP) is 23.0. The van der Waals surface area contributed by atoms with Crippen LogP contribution in [0.15, 0.2) is 48.6 Å². The van der Waals surface area contributed by atoms with Gasteiger partial charge in [0.15, 0.2) is 6.10 Å². The number of ether oxygens (including phenoxy) is 2. The van der Waals surface area contributed by atoms with Crippen LogP contribution in [0, 0.1) is 0 Å². The van der Waals surface area contributed by atoms with E-state index in [-0.39, 0.29) is 32.0 Å². The molecule has 0 heterocycles. The van der Waals surface area contributed by atoms with Gasteiger partial charge in [-0.3, -0.25) is 14.2 Å². The highest BCUT2D eigenvalue weighted by atomic mass is 31.2. The average Bonchev–Trinajstić information content (AvgIpc) is 3.60. The van der Waals surface area contributed by atoms with E-state index in [0.717, 1.165) is 57.8 Å². The molecule has 0 aromatic carbocycles. The number of nitrogens with zero attached hydrogens (tertiary/aromatic N) is 1. The smallest absolute Gasteiger partial charge is 0.306 e. The lowest BCUT2D eigenvalue weighted by atomic mass is 10.0. The first kappa shape index (κ1) is 82.0. The summed E-state index contributed by atoms with van der Waals surface area (Å²) in [6, 6.07) is 0. The van der Waals surface area contributed by atoms with Crippen LogP contribution in [0.1, 0.15) is 361 Å². The molecule has 0 radical (unpaired) electrons. The maximum Gasteiger partial charge on any atom is 0.306 e. The first-order chi connectivity index (χ1) is 41.0. The van der Waals surface area contributed by atoms with Gasteiger partial charge in [-0.05, 0) is 77.0 Å². The van der Waals surface area contributed by atoms with Crippen molar-refractivity contribution in [1.82, 2.24) is 0 Å². The minimum atomic E-state index is -4.64. The molecule has 0 saturated heterocycles. The first-order valence-corrected chi connectivity index (χ1v) is 37.8. The van der Waals surface area contributed by atoms with E-state index in [1.165, 1.54) is 270 Å². The molecular formula is C74H140NO8P. The minimum absolute atomic E-state index is 0.0307. The molecule has 494 valence electrons. The summed E-state index contributed by atoms with van der Waals surface area (Å²) < 4.78 is 34.3. The molecule has 2 unspecified atom stereocenters. The lowest BCUT2D eigenvalue weighted by molar-refractivity contribution is -0.870. The largest absolute Gasteiger partial charge is 0.756 e. The number of rotatable bonds is 68. The second kappa shape index (κ2) is 65.4. The molecule has 84 heavy (non-hydrogen) atoms. The van der Waals surface area contributed by atoms with Crippen LogP contribution in [0.25, 0.3) is 0 Å². The molecular weight excluding hydrogens is 1060 g/mol. The molecule has 0 bridgehead atoms. The Bertz CT molecular complexity index is 1560. The Labute approximate surface area is 522 Å². The van der Waals surface area contributed by atoms with Crippen LogP contribution in [-0.4, -0.2) is 70.0 Å². The lowest BCUT2D eigenvalue weighted by Gasteiger charge is -2.28. The molecule has 0 N–H and O–H groups in total. The van der Waals surface area contributed by atoms with Crippen LogP contribution in [0.3, 0.4) is 0 Å². The summed E-state index contributed by atoms with van der Waals surface area (Å²) in [7, 11) is 1.18. The summed E-state index contributed by atoms with van der Waals surface area (Å²) in [5.74, 6) is -0.821. The van der Waals surface area contributed by atoms with E-state index in [0.29, 0.717) is 17.4 Å². The molecule has 2 atom stereocenters. The van der Waals surface area contributed by atoms with Gasteiger partial charge < -0.3 is 27.9 Å². The molecule has 0 aliphatic carbocycles. The quantitative estimate of drug-likeness (QED) is 0.0195. The van der Waals surface area contributed by atoms with Crippen molar-refractivity contribution in [3.63, 3.8) is 0 Å². The van der Waals surface area contributed by atoms with Crippen molar-refractivity contribution >= 4 is 19.8 Å². The van der Waals surface area contributed by atoms with E-state index in [1.807, 2.05) is 21.1 Å². The third kappa shape index (κ3) is 69.1. The summed E-state index contributed by atoms with van der Waals surface area (Å²) in [5, 5.41) is 0. The monoisotopic (exact) mass is 1200 g/mol. The molecule has 0 aromatic rings. The molecule has 0 amide bonds. The molecule has 0 aliphatic rings. The van der Waals surface area contributed by atoms with E-state index in [4.69, 9.17) is 18.5 Å². The fourth-order valence-electron chi connectivity index (χ4n) is 10.7. The zero-order chi connectivity index (χ0) is 61.2. The molecule has 0 fully saturated rings. The minimum Gasteiger partial charge on any atom is -0.756 e. The van der Waals surface area contributed by atoms with Gasteiger partial charge in [0.25, 0.3) is 7.82 Å². The van der Waals surface area contributed by atoms with Gasteiger partial charge in [0.2, 0.25) is 0 Å².